The fourth-order valence-corrected chi connectivity index (χ4v) is 3.11. The fraction of sp³-hybridized carbons (Fsp3) is 1.00. The topological polar surface area (TPSA) is 66.8 Å². The minimum atomic E-state index is -4.34. The molecule has 4 nitrogen and oxygen atoms in total. The van der Waals surface area contributed by atoms with Gasteiger partial charge in [-0.05, 0) is 19.3 Å². The van der Waals surface area contributed by atoms with Crippen molar-refractivity contribution in [3.05, 3.63) is 0 Å². The normalized spacial score (nSPS) is 21.5. The molecule has 1 rings (SSSR count). The van der Waals surface area contributed by atoms with Crippen LogP contribution in [0.5, 0.6) is 0 Å². The largest absolute Gasteiger partial charge is 0.470 e. The molecule has 90 valence electrons. The maximum Gasteiger partial charge on any atom is 0.470 e. The number of hydrogen-bond donors (Lipinski definition) is 2. The molecule has 0 bridgehead atoms. The first kappa shape index (κ1) is 13.2. The molecule has 0 aromatic carbocycles. The highest BCUT2D eigenvalue weighted by Gasteiger charge is 2.38. The van der Waals surface area contributed by atoms with Crippen LogP contribution in [0.1, 0.15) is 58.3 Å². The van der Waals surface area contributed by atoms with Gasteiger partial charge in [-0.15, -0.1) is 0 Å². The van der Waals surface area contributed by atoms with Crippen molar-refractivity contribution in [2.75, 3.05) is 0 Å². The van der Waals surface area contributed by atoms with Gasteiger partial charge in [0.05, 0.1) is 5.60 Å². The van der Waals surface area contributed by atoms with E-state index in [1.165, 1.54) is 0 Å². The van der Waals surface area contributed by atoms with E-state index in [0.29, 0.717) is 0 Å². The molecule has 2 N–H and O–H groups in total. The van der Waals surface area contributed by atoms with Crippen molar-refractivity contribution in [1.82, 2.24) is 0 Å². The molecule has 1 aliphatic rings. The molecule has 0 aromatic heterocycles. The predicted octanol–water partition coefficient (Wildman–Crippen LogP) is 2.99. The van der Waals surface area contributed by atoms with Crippen LogP contribution in [-0.2, 0) is 9.09 Å². The summed E-state index contributed by atoms with van der Waals surface area (Å²) >= 11 is 0. The van der Waals surface area contributed by atoms with Crippen molar-refractivity contribution in [1.29, 1.82) is 0 Å². The average Bonchev–Trinajstić information content (AvgIpc) is 2.14. The van der Waals surface area contributed by atoms with Gasteiger partial charge < -0.3 is 9.79 Å². The van der Waals surface area contributed by atoms with Gasteiger partial charge in [0.25, 0.3) is 0 Å². The Morgan fingerprint density at radius 1 is 1.27 bits per heavy atom. The lowest BCUT2D eigenvalue weighted by Crippen LogP contribution is -2.34. The highest BCUT2D eigenvalue weighted by molar-refractivity contribution is 7.46. The van der Waals surface area contributed by atoms with Gasteiger partial charge in [-0.1, -0.05) is 39.0 Å². The Balaban J connectivity index is 2.62. The molecule has 0 unspecified atom stereocenters. The van der Waals surface area contributed by atoms with E-state index in [2.05, 4.69) is 6.92 Å². The van der Waals surface area contributed by atoms with Crippen molar-refractivity contribution in [2.24, 2.45) is 0 Å². The predicted molar refractivity (Wildman–Crippen MR) is 58.5 cm³/mol. The third-order valence-electron chi connectivity index (χ3n) is 3.06. The van der Waals surface area contributed by atoms with Crippen LogP contribution in [0.4, 0.5) is 0 Å². The summed E-state index contributed by atoms with van der Waals surface area (Å²) < 4.78 is 16.0. The molecule has 0 heterocycles. The van der Waals surface area contributed by atoms with Crippen LogP contribution in [0.2, 0.25) is 0 Å². The number of phosphoric ester groups is 1. The Morgan fingerprint density at radius 3 is 2.33 bits per heavy atom. The van der Waals surface area contributed by atoms with Crippen LogP contribution >= 0.6 is 7.82 Å². The average molecular weight is 236 g/mol. The summed E-state index contributed by atoms with van der Waals surface area (Å²) in [6.45, 7) is 2.08. The third-order valence-corrected chi connectivity index (χ3v) is 3.69. The highest BCUT2D eigenvalue weighted by atomic mass is 31.2. The lowest BCUT2D eigenvalue weighted by Gasteiger charge is -2.37. The third kappa shape index (κ3) is 4.64. The molecule has 0 radical (unpaired) electrons. The molecule has 1 fully saturated rings. The number of unbranched alkanes of at least 4 members (excludes halogenated alkanes) is 1. The summed E-state index contributed by atoms with van der Waals surface area (Å²) in [5, 5.41) is 0. The van der Waals surface area contributed by atoms with Gasteiger partial charge in [0, 0.05) is 0 Å². The SMILES string of the molecule is CCCCC1(OP(=O)(O)O)CCCCC1. The number of rotatable bonds is 5. The Kier molecular flexibility index (Phi) is 4.78. The van der Waals surface area contributed by atoms with E-state index in [1.54, 1.807) is 0 Å². The minimum absolute atomic E-state index is 0.548. The summed E-state index contributed by atoms with van der Waals surface area (Å²) in [6.07, 6.45) is 7.54. The molecular weight excluding hydrogens is 215 g/mol. The van der Waals surface area contributed by atoms with Crippen molar-refractivity contribution in [3.8, 4) is 0 Å². The zero-order chi connectivity index (χ0) is 11.4. The molecule has 15 heavy (non-hydrogen) atoms. The molecule has 0 aromatic rings. The molecule has 5 heteroatoms. The summed E-state index contributed by atoms with van der Waals surface area (Å²) in [5.74, 6) is 0. The Hall–Kier alpha value is 0.110. The fourth-order valence-electron chi connectivity index (χ4n) is 2.33. The second-order valence-electron chi connectivity index (χ2n) is 4.43. The molecule has 0 saturated heterocycles. The highest BCUT2D eigenvalue weighted by Crippen LogP contribution is 2.48. The Morgan fingerprint density at radius 2 is 1.87 bits per heavy atom. The lowest BCUT2D eigenvalue weighted by molar-refractivity contribution is -0.00558. The summed E-state index contributed by atoms with van der Waals surface area (Å²) in [6, 6.07) is 0. The molecule has 1 aliphatic carbocycles. The van der Waals surface area contributed by atoms with Crippen LogP contribution in [0, 0.1) is 0 Å². The van der Waals surface area contributed by atoms with Crippen LogP contribution in [0.15, 0.2) is 0 Å². The maximum atomic E-state index is 10.9. The second-order valence-corrected chi connectivity index (χ2v) is 5.59. The van der Waals surface area contributed by atoms with Crippen molar-refractivity contribution in [3.63, 3.8) is 0 Å². The Bertz CT molecular complexity index is 230. The van der Waals surface area contributed by atoms with E-state index < -0.39 is 13.4 Å². The van der Waals surface area contributed by atoms with Gasteiger partial charge in [-0.2, -0.15) is 0 Å². The standard InChI is InChI=1S/C10H21O4P/c1-2-3-7-10(14-15(11,12)13)8-5-4-6-9-10/h2-9H2,1H3,(H2,11,12,13). The second kappa shape index (κ2) is 5.44. The first-order valence-corrected chi connectivity index (χ1v) is 7.27. The van der Waals surface area contributed by atoms with E-state index in [0.717, 1.165) is 51.4 Å². The summed E-state index contributed by atoms with van der Waals surface area (Å²) in [4.78, 5) is 17.8. The van der Waals surface area contributed by atoms with Gasteiger partial charge in [0.1, 0.15) is 0 Å². The smallest absolute Gasteiger partial charge is 0.303 e. The van der Waals surface area contributed by atoms with Crippen molar-refractivity contribution in [2.45, 2.75) is 63.9 Å². The monoisotopic (exact) mass is 236 g/mol. The molecule has 0 aliphatic heterocycles. The van der Waals surface area contributed by atoms with Gasteiger partial charge in [-0.3, -0.25) is 4.52 Å². The number of phosphoric acid groups is 1. The molecular formula is C10H21O4P. The molecule has 0 spiro atoms. The quantitative estimate of drug-likeness (QED) is 0.720. The van der Waals surface area contributed by atoms with E-state index in [-0.39, 0.29) is 0 Å². The molecule has 0 amide bonds. The van der Waals surface area contributed by atoms with Crippen molar-refractivity contribution < 1.29 is 18.9 Å². The minimum Gasteiger partial charge on any atom is -0.303 e. The molecule has 0 atom stereocenters. The number of hydrogen-bond acceptors (Lipinski definition) is 2. The summed E-state index contributed by atoms with van der Waals surface area (Å²) in [5.41, 5.74) is -0.548. The lowest BCUT2D eigenvalue weighted by atomic mass is 9.81. The van der Waals surface area contributed by atoms with Gasteiger partial charge in [0.15, 0.2) is 0 Å². The molecule has 1 saturated carbocycles. The van der Waals surface area contributed by atoms with E-state index in [9.17, 15) is 4.57 Å². The van der Waals surface area contributed by atoms with Crippen LogP contribution in [-0.4, -0.2) is 15.4 Å². The van der Waals surface area contributed by atoms with Crippen LogP contribution in [0.3, 0.4) is 0 Å². The Labute approximate surface area is 91.3 Å². The van der Waals surface area contributed by atoms with Crippen LogP contribution in [0.25, 0.3) is 0 Å². The zero-order valence-electron chi connectivity index (χ0n) is 9.31. The van der Waals surface area contributed by atoms with E-state index in [4.69, 9.17) is 14.3 Å². The van der Waals surface area contributed by atoms with E-state index >= 15 is 0 Å². The van der Waals surface area contributed by atoms with Gasteiger partial charge in [0.2, 0.25) is 0 Å². The van der Waals surface area contributed by atoms with Gasteiger partial charge >= 0.3 is 7.82 Å². The first-order valence-electron chi connectivity index (χ1n) is 5.74. The van der Waals surface area contributed by atoms with Gasteiger partial charge in [-0.25, -0.2) is 4.57 Å². The first-order chi connectivity index (χ1) is 6.97. The summed E-state index contributed by atoms with van der Waals surface area (Å²) in [7, 11) is -4.34. The van der Waals surface area contributed by atoms with Crippen LogP contribution < -0.4 is 0 Å². The zero-order valence-corrected chi connectivity index (χ0v) is 10.2. The van der Waals surface area contributed by atoms with Crippen molar-refractivity contribution >= 4 is 7.82 Å². The van der Waals surface area contributed by atoms with E-state index in [1.807, 2.05) is 0 Å². The maximum absolute atomic E-state index is 10.9.